The second-order valence-electron chi connectivity index (χ2n) is 6.95. The van der Waals surface area contributed by atoms with Crippen LogP contribution in [0.2, 0.25) is 0 Å². The first kappa shape index (κ1) is 16.8. The number of nitrogens with one attached hydrogen (secondary N) is 2. The number of carbonyl (C=O) groups excluding carboxylic acids is 3. The second-order valence-corrected chi connectivity index (χ2v) is 6.95. The molecule has 124 valence electrons. The van der Waals surface area contributed by atoms with Crippen LogP contribution in [0, 0.1) is 23.7 Å². The van der Waals surface area contributed by atoms with Crippen molar-refractivity contribution in [1.82, 2.24) is 10.6 Å². The summed E-state index contributed by atoms with van der Waals surface area (Å²) in [4.78, 5) is 34.7. The molecule has 0 heterocycles. The third-order valence-electron chi connectivity index (χ3n) is 4.60. The summed E-state index contributed by atoms with van der Waals surface area (Å²) >= 11 is 0. The molecule has 6 nitrogen and oxygen atoms in total. The van der Waals surface area contributed by atoms with E-state index in [1.165, 1.54) is 19.3 Å². The Balaban J connectivity index is 1.59. The third-order valence-corrected chi connectivity index (χ3v) is 4.60. The molecule has 6 heteroatoms. The Bertz CT molecular complexity index is 436. The van der Waals surface area contributed by atoms with Crippen LogP contribution in [0.5, 0.6) is 0 Å². The predicted octanol–water partition coefficient (Wildman–Crippen LogP) is 1.84. The molecule has 0 aliphatic heterocycles. The van der Waals surface area contributed by atoms with E-state index in [4.69, 9.17) is 4.74 Å². The van der Waals surface area contributed by atoms with E-state index in [0.29, 0.717) is 30.7 Å². The molecule has 2 aliphatic rings. The number of fused-ring (bicyclic) bond motifs is 2. The van der Waals surface area contributed by atoms with E-state index in [0.717, 1.165) is 12.3 Å². The summed E-state index contributed by atoms with van der Waals surface area (Å²) < 4.78 is 4.97. The van der Waals surface area contributed by atoms with E-state index < -0.39 is 18.5 Å². The Kier molecular flexibility index (Phi) is 5.80. The number of hydrogen-bond donors (Lipinski definition) is 2. The average molecular weight is 310 g/mol. The lowest BCUT2D eigenvalue weighted by Crippen LogP contribution is -2.42. The van der Waals surface area contributed by atoms with Crippen LogP contribution in [0.1, 0.15) is 46.0 Å². The van der Waals surface area contributed by atoms with E-state index in [-0.39, 0.29) is 5.97 Å². The highest BCUT2D eigenvalue weighted by atomic mass is 16.5. The second kappa shape index (κ2) is 7.61. The summed E-state index contributed by atoms with van der Waals surface area (Å²) in [5.74, 6) is 1.24. The smallest absolute Gasteiger partial charge is 0.321 e. The standard InChI is InChI=1S/C16H26N2O4/c1-10(2)8-17-16(21)18-14(19)9-22-15(20)7-13-6-11-3-4-12(13)5-11/h10-13H,3-9H2,1-2H3,(H2,17,18,19,21)/t11-,12+,13-/m1/s1. The molecule has 2 N–H and O–H groups in total. The van der Waals surface area contributed by atoms with E-state index in [2.05, 4.69) is 10.6 Å². The molecule has 22 heavy (non-hydrogen) atoms. The minimum Gasteiger partial charge on any atom is -0.456 e. The topological polar surface area (TPSA) is 84.5 Å². The molecule has 2 fully saturated rings. The van der Waals surface area contributed by atoms with Crippen LogP contribution in [0.4, 0.5) is 4.79 Å². The van der Waals surface area contributed by atoms with Crippen molar-refractivity contribution in [1.29, 1.82) is 0 Å². The normalized spacial score (nSPS) is 26.0. The fraction of sp³-hybridized carbons (Fsp3) is 0.812. The van der Waals surface area contributed by atoms with E-state index in [1.807, 2.05) is 13.8 Å². The lowest BCUT2D eigenvalue weighted by molar-refractivity contribution is -0.149. The SMILES string of the molecule is CC(C)CNC(=O)NC(=O)COC(=O)C[C@H]1C[C@@H]2CC[C@H]1C2. The molecule has 0 aromatic carbocycles. The van der Waals surface area contributed by atoms with Gasteiger partial charge in [-0.25, -0.2) is 4.79 Å². The van der Waals surface area contributed by atoms with Gasteiger partial charge < -0.3 is 10.1 Å². The van der Waals surface area contributed by atoms with E-state index in [9.17, 15) is 14.4 Å². The number of esters is 1. The van der Waals surface area contributed by atoms with Gasteiger partial charge in [0.1, 0.15) is 0 Å². The molecule has 0 radical (unpaired) electrons. The van der Waals surface area contributed by atoms with Gasteiger partial charge in [0.2, 0.25) is 0 Å². The quantitative estimate of drug-likeness (QED) is 0.733. The first-order valence-electron chi connectivity index (χ1n) is 8.17. The molecule has 0 aromatic rings. The summed E-state index contributed by atoms with van der Waals surface area (Å²) in [7, 11) is 0. The molecular formula is C16H26N2O4. The lowest BCUT2D eigenvalue weighted by Gasteiger charge is -2.20. The molecule has 0 aromatic heterocycles. The van der Waals surface area contributed by atoms with Gasteiger partial charge in [0.05, 0.1) is 0 Å². The number of amides is 3. The van der Waals surface area contributed by atoms with Crippen molar-refractivity contribution >= 4 is 17.9 Å². The summed E-state index contributed by atoms with van der Waals surface area (Å²) in [5.41, 5.74) is 0. The van der Waals surface area contributed by atoms with Gasteiger partial charge in [-0.1, -0.05) is 20.3 Å². The van der Waals surface area contributed by atoms with E-state index >= 15 is 0 Å². The van der Waals surface area contributed by atoms with Gasteiger partial charge in [-0.15, -0.1) is 0 Å². The van der Waals surface area contributed by atoms with Crippen molar-refractivity contribution in [2.75, 3.05) is 13.2 Å². The molecule has 3 atom stereocenters. The maximum Gasteiger partial charge on any atom is 0.321 e. The Morgan fingerprint density at radius 3 is 2.55 bits per heavy atom. The molecule has 2 bridgehead atoms. The van der Waals surface area contributed by atoms with Crippen molar-refractivity contribution in [3.05, 3.63) is 0 Å². The Morgan fingerprint density at radius 2 is 1.95 bits per heavy atom. The van der Waals surface area contributed by atoms with Gasteiger partial charge in [0.15, 0.2) is 6.61 Å². The van der Waals surface area contributed by atoms with Crippen molar-refractivity contribution in [3.8, 4) is 0 Å². The molecule has 0 saturated heterocycles. The number of imide groups is 1. The van der Waals surface area contributed by atoms with E-state index in [1.54, 1.807) is 0 Å². The van der Waals surface area contributed by atoms with Gasteiger partial charge in [0.25, 0.3) is 5.91 Å². The molecule has 0 unspecified atom stereocenters. The molecule has 2 rings (SSSR count). The summed E-state index contributed by atoms with van der Waals surface area (Å²) in [6.07, 6.45) is 5.27. The summed E-state index contributed by atoms with van der Waals surface area (Å²) in [6, 6.07) is -0.553. The van der Waals surface area contributed by atoms with Gasteiger partial charge in [-0.05, 0) is 42.9 Å². The van der Waals surface area contributed by atoms with Crippen LogP contribution in [0.25, 0.3) is 0 Å². The lowest BCUT2D eigenvalue weighted by atomic mass is 9.86. The molecular weight excluding hydrogens is 284 g/mol. The van der Waals surface area contributed by atoms with Crippen LogP contribution in [0.3, 0.4) is 0 Å². The fourth-order valence-electron chi connectivity index (χ4n) is 3.55. The number of carbonyl (C=O) groups is 3. The summed E-state index contributed by atoms with van der Waals surface area (Å²) in [6.45, 7) is 4.01. The zero-order chi connectivity index (χ0) is 16.1. The Morgan fingerprint density at radius 1 is 1.18 bits per heavy atom. The maximum absolute atomic E-state index is 11.8. The minimum atomic E-state index is -0.595. The van der Waals surface area contributed by atoms with Crippen molar-refractivity contribution in [2.24, 2.45) is 23.7 Å². The van der Waals surface area contributed by atoms with Crippen LogP contribution in [0.15, 0.2) is 0 Å². The Hall–Kier alpha value is -1.59. The van der Waals surface area contributed by atoms with Crippen LogP contribution >= 0.6 is 0 Å². The van der Waals surface area contributed by atoms with Gasteiger partial charge in [-0.3, -0.25) is 14.9 Å². The summed E-state index contributed by atoms with van der Waals surface area (Å²) in [5, 5.41) is 4.71. The van der Waals surface area contributed by atoms with Crippen molar-refractivity contribution in [2.45, 2.75) is 46.0 Å². The monoisotopic (exact) mass is 310 g/mol. The minimum absolute atomic E-state index is 0.306. The van der Waals surface area contributed by atoms with Crippen LogP contribution in [-0.2, 0) is 14.3 Å². The largest absolute Gasteiger partial charge is 0.456 e. The highest BCUT2D eigenvalue weighted by Crippen LogP contribution is 2.49. The molecule has 0 spiro atoms. The molecule has 2 saturated carbocycles. The number of rotatable bonds is 6. The van der Waals surface area contributed by atoms with Crippen LogP contribution < -0.4 is 10.6 Å². The van der Waals surface area contributed by atoms with Crippen molar-refractivity contribution < 1.29 is 19.1 Å². The van der Waals surface area contributed by atoms with Crippen LogP contribution in [-0.4, -0.2) is 31.1 Å². The van der Waals surface area contributed by atoms with Gasteiger partial charge in [-0.2, -0.15) is 0 Å². The van der Waals surface area contributed by atoms with Gasteiger partial charge in [0, 0.05) is 13.0 Å². The fourth-order valence-corrected chi connectivity index (χ4v) is 3.55. The highest BCUT2D eigenvalue weighted by Gasteiger charge is 2.40. The predicted molar refractivity (Wildman–Crippen MR) is 80.9 cm³/mol. The number of hydrogen-bond acceptors (Lipinski definition) is 4. The maximum atomic E-state index is 11.8. The zero-order valence-corrected chi connectivity index (χ0v) is 13.4. The molecule has 2 aliphatic carbocycles. The number of ether oxygens (including phenoxy) is 1. The first-order valence-corrected chi connectivity index (χ1v) is 8.17. The Labute approximate surface area is 131 Å². The third kappa shape index (κ3) is 5.00. The van der Waals surface area contributed by atoms with Gasteiger partial charge >= 0.3 is 12.0 Å². The zero-order valence-electron chi connectivity index (χ0n) is 13.4. The highest BCUT2D eigenvalue weighted by molar-refractivity contribution is 5.95. The average Bonchev–Trinajstić information content (AvgIpc) is 3.05. The number of urea groups is 1. The first-order chi connectivity index (χ1) is 10.4. The molecule has 3 amide bonds. The van der Waals surface area contributed by atoms with Crippen molar-refractivity contribution in [3.63, 3.8) is 0 Å².